The van der Waals surface area contributed by atoms with Gasteiger partial charge in [0, 0.05) is 5.69 Å². The predicted molar refractivity (Wildman–Crippen MR) is 141 cm³/mol. The van der Waals surface area contributed by atoms with Gasteiger partial charge in [-0.1, -0.05) is 35.2 Å². The lowest BCUT2D eigenvalue weighted by Crippen LogP contribution is -2.25. The number of aryl methyl sites for hydroxylation is 1. The molecule has 0 spiro atoms. The summed E-state index contributed by atoms with van der Waals surface area (Å²) in [6.45, 7) is 4.39. The lowest BCUT2D eigenvalue weighted by atomic mass is 10.2. The van der Waals surface area contributed by atoms with E-state index in [0.717, 1.165) is 16.4 Å². The maximum absolute atomic E-state index is 12.8. The zero-order chi connectivity index (χ0) is 26.2. The lowest BCUT2D eigenvalue weighted by Gasteiger charge is -2.12. The Morgan fingerprint density at radius 2 is 1.84 bits per heavy atom. The minimum atomic E-state index is -0.306. The molecule has 192 valence electrons. The molecule has 2 aromatic heterocycles. The number of thioether (sulfide) groups is 1. The fourth-order valence-corrected chi connectivity index (χ4v) is 4.72. The van der Waals surface area contributed by atoms with Crippen LogP contribution in [0.25, 0.3) is 5.69 Å². The van der Waals surface area contributed by atoms with E-state index in [0.29, 0.717) is 34.0 Å². The highest BCUT2D eigenvalue weighted by molar-refractivity contribution is 7.99. The minimum Gasteiger partial charge on any atom is -0.496 e. The van der Waals surface area contributed by atoms with Crippen LogP contribution in [0.3, 0.4) is 0 Å². The summed E-state index contributed by atoms with van der Waals surface area (Å²) < 4.78 is 12.6. The third kappa shape index (κ3) is 6.62. The van der Waals surface area contributed by atoms with Crippen LogP contribution < -0.4 is 20.1 Å². The predicted octanol–water partition coefficient (Wildman–Crippen LogP) is 3.50. The highest BCUT2D eigenvalue weighted by Gasteiger charge is 2.19. The fraction of sp³-hybridized carbons (Fsp3) is 0.250. The largest absolute Gasteiger partial charge is 0.496 e. The van der Waals surface area contributed by atoms with E-state index in [-0.39, 0.29) is 24.1 Å². The number of ether oxygens (including phenoxy) is 2. The second kappa shape index (κ2) is 12.3. The van der Waals surface area contributed by atoms with Crippen LogP contribution in [-0.4, -0.2) is 56.2 Å². The molecule has 4 rings (SSSR count). The summed E-state index contributed by atoms with van der Waals surface area (Å²) in [5.41, 5.74) is 1.17. The van der Waals surface area contributed by atoms with Gasteiger partial charge in [-0.3, -0.25) is 19.5 Å². The molecule has 4 aromatic rings. The van der Waals surface area contributed by atoms with E-state index in [1.54, 1.807) is 28.8 Å². The van der Waals surface area contributed by atoms with Crippen molar-refractivity contribution in [3.05, 3.63) is 64.9 Å². The monoisotopic (exact) mass is 539 g/mol. The van der Waals surface area contributed by atoms with Gasteiger partial charge in [-0.15, -0.1) is 20.4 Å². The van der Waals surface area contributed by atoms with Crippen molar-refractivity contribution in [3.63, 3.8) is 0 Å². The molecule has 0 saturated heterocycles. The third-order valence-electron chi connectivity index (χ3n) is 4.97. The summed E-state index contributed by atoms with van der Waals surface area (Å²) in [6.07, 6.45) is 0. The second-order valence-electron chi connectivity index (χ2n) is 7.51. The first-order valence-corrected chi connectivity index (χ1v) is 13.1. The maximum atomic E-state index is 12.8. The van der Waals surface area contributed by atoms with E-state index < -0.39 is 0 Å². The van der Waals surface area contributed by atoms with Crippen LogP contribution in [0.1, 0.15) is 28.1 Å². The summed E-state index contributed by atoms with van der Waals surface area (Å²) in [5, 5.41) is 23.7. The van der Waals surface area contributed by atoms with Crippen LogP contribution >= 0.6 is 23.1 Å². The summed E-state index contributed by atoms with van der Waals surface area (Å²) in [4.78, 5) is 25.3. The SMILES string of the molecule is CCOc1ccc(-n2c(CNC(=O)c3ccccc3OC)nnc2SCC(=O)Nc2nnc(C)s2)cc1. The molecule has 0 atom stereocenters. The van der Waals surface area contributed by atoms with Crippen LogP contribution in [0.4, 0.5) is 5.13 Å². The number of nitrogens with zero attached hydrogens (tertiary/aromatic N) is 5. The summed E-state index contributed by atoms with van der Waals surface area (Å²) in [7, 11) is 1.51. The van der Waals surface area contributed by atoms with Crippen molar-refractivity contribution in [3.8, 4) is 17.2 Å². The topological polar surface area (TPSA) is 133 Å². The van der Waals surface area contributed by atoms with Gasteiger partial charge in [-0.25, -0.2) is 0 Å². The number of hydrogen-bond acceptors (Lipinski definition) is 10. The molecule has 11 nitrogen and oxygen atoms in total. The first kappa shape index (κ1) is 26.1. The second-order valence-corrected chi connectivity index (χ2v) is 9.63. The number of benzene rings is 2. The van der Waals surface area contributed by atoms with Gasteiger partial charge in [0.05, 0.1) is 31.6 Å². The molecule has 0 unspecified atom stereocenters. The van der Waals surface area contributed by atoms with E-state index in [4.69, 9.17) is 9.47 Å². The van der Waals surface area contributed by atoms with Crippen molar-refractivity contribution in [2.24, 2.45) is 0 Å². The first-order chi connectivity index (χ1) is 18.0. The van der Waals surface area contributed by atoms with Gasteiger partial charge < -0.3 is 14.8 Å². The number of para-hydroxylation sites is 1. The average molecular weight is 540 g/mol. The number of aromatic nitrogens is 5. The Hall–Kier alpha value is -3.97. The molecular weight excluding hydrogens is 514 g/mol. The zero-order valence-corrected chi connectivity index (χ0v) is 22.1. The molecule has 2 amide bonds. The van der Waals surface area contributed by atoms with Crippen LogP contribution in [0.2, 0.25) is 0 Å². The molecule has 0 fully saturated rings. The van der Waals surface area contributed by atoms with E-state index in [2.05, 4.69) is 31.0 Å². The van der Waals surface area contributed by atoms with Gasteiger partial charge in [-0.05, 0) is 50.2 Å². The lowest BCUT2D eigenvalue weighted by molar-refractivity contribution is -0.113. The van der Waals surface area contributed by atoms with Gasteiger partial charge in [0.25, 0.3) is 5.91 Å². The van der Waals surface area contributed by atoms with E-state index in [1.807, 2.05) is 38.1 Å². The van der Waals surface area contributed by atoms with Gasteiger partial charge in [0.15, 0.2) is 11.0 Å². The summed E-state index contributed by atoms with van der Waals surface area (Å²) in [6, 6.07) is 14.4. The summed E-state index contributed by atoms with van der Waals surface area (Å²) >= 11 is 2.52. The normalized spacial score (nSPS) is 10.7. The van der Waals surface area contributed by atoms with Crippen molar-refractivity contribution in [1.29, 1.82) is 0 Å². The van der Waals surface area contributed by atoms with E-state index in [9.17, 15) is 9.59 Å². The summed E-state index contributed by atoms with van der Waals surface area (Å²) in [5.74, 6) is 1.23. The smallest absolute Gasteiger partial charge is 0.255 e. The average Bonchev–Trinajstić information content (AvgIpc) is 3.51. The standard InChI is InChI=1S/C24H25N7O4S2/c1-4-35-17-11-9-16(10-12-17)31-20(13-25-22(33)18-7-5-6-8-19(18)34-3)28-30-24(31)36-14-21(32)26-23-29-27-15(2)37-23/h5-12H,4,13-14H2,1-3H3,(H,25,33)(H,26,29,32). The quantitative estimate of drug-likeness (QED) is 0.275. The van der Waals surface area contributed by atoms with Gasteiger partial charge in [-0.2, -0.15) is 0 Å². The van der Waals surface area contributed by atoms with Crippen molar-refractivity contribution in [2.45, 2.75) is 25.5 Å². The molecule has 0 bridgehead atoms. The Morgan fingerprint density at radius 3 is 2.54 bits per heavy atom. The van der Waals surface area contributed by atoms with E-state index >= 15 is 0 Å². The Morgan fingerprint density at radius 1 is 1.05 bits per heavy atom. The number of anilines is 1. The molecule has 2 aromatic carbocycles. The minimum absolute atomic E-state index is 0.0847. The molecule has 0 aliphatic rings. The number of rotatable bonds is 11. The number of methoxy groups -OCH3 is 1. The Balaban J connectivity index is 1.53. The molecule has 13 heteroatoms. The Labute approximate surface area is 221 Å². The highest BCUT2D eigenvalue weighted by Crippen LogP contribution is 2.25. The van der Waals surface area contributed by atoms with Crippen molar-refractivity contribution in [1.82, 2.24) is 30.3 Å². The Kier molecular flexibility index (Phi) is 8.69. The molecule has 0 aliphatic carbocycles. The van der Waals surface area contributed by atoms with Crippen molar-refractivity contribution in [2.75, 3.05) is 24.8 Å². The van der Waals surface area contributed by atoms with Crippen molar-refractivity contribution >= 4 is 40.0 Å². The third-order valence-corrected chi connectivity index (χ3v) is 6.65. The van der Waals surface area contributed by atoms with Gasteiger partial charge in [0.2, 0.25) is 11.0 Å². The number of amides is 2. The molecule has 2 heterocycles. The number of carbonyl (C=O) groups is 2. The Bertz CT molecular complexity index is 1370. The fourth-order valence-electron chi connectivity index (χ4n) is 3.35. The van der Waals surface area contributed by atoms with Gasteiger partial charge >= 0.3 is 0 Å². The van der Waals surface area contributed by atoms with Crippen LogP contribution in [0.15, 0.2) is 53.7 Å². The van der Waals surface area contributed by atoms with E-state index in [1.165, 1.54) is 30.2 Å². The number of nitrogens with one attached hydrogen (secondary N) is 2. The molecule has 37 heavy (non-hydrogen) atoms. The first-order valence-electron chi connectivity index (χ1n) is 11.3. The van der Waals surface area contributed by atoms with Crippen LogP contribution in [-0.2, 0) is 11.3 Å². The molecule has 2 N–H and O–H groups in total. The van der Waals surface area contributed by atoms with Crippen molar-refractivity contribution < 1.29 is 19.1 Å². The highest BCUT2D eigenvalue weighted by atomic mass is 32.2. The molecular formula is C24H25N7O4S2. The van der Waals surface area contributed by atoms with Crippen LogP contribution in [0, 0.1) is 6.92 Å². The number of hydrogen-bond donors (Lipinski definition) is 2. The maximum Gasteiger partial charge on any atom is 0.255 e. The molecule has 0 saturated carbocycles. The molecule has 0 aliphatic heterocycles. The zero-order valence-electron chi connectivity index (χ0n) is 20.4. The molecule has 0 radical (unpaired) electrons. The number of carbonyl (C=O) groups excluding carboxylic acids is 2. The van der Waals surface area contributed by atoms with Crippen LogP contribution in [0.5, 0.6) is 11.5 Å². The van der Waals surface area contributed by atoms with Gasteiger partial charge in [0.1, 0.15) is 16.5 Å².